The molecule has 4 heteroatoms. The highest BCUT2D eigenvalue weighted by atomic mass is 32.2. The van der Waals surface area contributed by atoms with E-state index in [2.05, 4.69) is 17.4 Å². The molecule has 22 heavy (non-hydrogen) atoms. The first-order chi connectivity index (χ1) is 10.7. The first-order valence-electron chi connectivity index (χ1n) is 7.46. The summed E-state index contributed by atoms with van der Waals surface area (Å²) in [4.78, 5) is 13.2. The lowest BCUT2D eigenvalue weighted by Gasteiger charge is -2.12. The van der Waals surface area contributed by atoms with E-state index in [1.807, 2.05) is 50.2 Å². The highest BCUT2D eigenvalue weighted by molar-refractivity contribution is 7.98. The molecule has 1 amide bonds. The Morgan fingerprint density at radius 1 is 1.14 bits per heavy atom. The third-order valence-corrected chi connectivity index (χ3v) is 4.16. The predicted octanol–water partition coefficient (Wildman–Crippen LogP) is 4.13. The highest BCUT2D eigenvalue weighted by Gasteiger charge is 2.10. The maximum Gasteiger partial charge on any atom is 0.251 e. The second-order valence-corrected chi connectivity index (χ2v) is 5.77. The largest absolute Gasteiger partial charge is 0.494 e. The van der Waals surface area contributed by atoms with E-state index in [1.165, 1.54) is 4.90 Å². The molecule has 0 aliphatic heterocycles. The quantitative estimate of drug-likeness (QED) is 0.781. The highest BCUT2D eigenvalue weighted by Crippen LogP contribution is 2.29. The van der Waals surface area contributed by atoms with Gasteiger partial charge in [0.15, 0.2) is 0 Å². The minimum Gasteiger partial charge on any atom is -0.494 e. The molecule has 0 radical (unpaired) electrons. The van der Waals surface area contributed by atoms with Gasteiger partial charge in [-0.1, -0.05) is 18.2 Å². The average molecular weight is 315 g/mol. The molecule has 0 saturated heterocycles. The molecule has 0 unspecified atom stereocenters. The van der Waals surface area contributed by atoms with Crippen LogP contribution in [0.1, 0.15) is 29.8 Å². The van der Waals surface area contributed by atoms with E-state index in [-0.39, 0.29) is 5.91 Å². The molecular formula is C18H21NO2S. The standard InChI is InChI=1S/C18H21NO2S/c1-3-19-18(20)14-10-11-17(21-4-2)15(12-14)13-22-16-8-6-5-7-9-16/h5-12H,3-4,13H2,1-2H3,(H,19,20). The second-order valence-electron chi connectivity index (χ2n) is 4.72. The van der Waals surface area contributed by atoms with Crippen LogP contribution in [0.5, 0.6) is 5.75 Å². The van der Waals surface area contributed by atoms with Crippen LogP contribution in [0.4, 0.5) is 0 Å². The molecule has 0 saturated carbocycles. The van der Waals surface area contributed by atoms with Crippen molar-refractivity contribution in [1.82, 2.24) is 5.32 Å². The molecule has 0 aliphatic carbocycles. The SMILES string of the molecule is CCNC(=O)c1ccc(OCC)c(CSc2ccccc2)c1. The Morgan fingerprint density at radius 3 is 2.59 bits per heavy atom. The summed E-state index contributed by atoms with van der Waals surface area (Å²) < 4.78 is 5.68. The van der Waals surface area contributed by atoms with Crippen molar-refractivity contribution in [3.8, 4) is 5.75 Å². The normalized spacial score (nSPS) is 10.3. The number of rotatable bonds is 7. The van der Waals surface area contributed by atoms with Crippen molar-refractivity contribution in [3.05, 3.63) is 59.7 Å². The van der Waals surface area contributed by atoms with Gasteiger partial charge >= 0.3 is 0 Å². The zero-order valence-electron chi connectivity index (χ0n) is 13.0. The second kappa shape index (κ2) is 8.49. The van der Waals surface area contributed by atoms with Gasteiger partial charge in [-0.05, 0) is 44.2 Å². The van der Waals surface area contributed by atoms with Gasteiger partial charge in [-0.3, -0.25) is 4.79 Å². The Kier molecular flexibility index (Phi) is 6.34. The van der Waals surface area contributed by atoms with Crippen molar-refractivity contribution in [2.45, 2.75) is 24.5 Å². The van der Waals surface area contributed by atoms with Gasteiger partial charge < -0.3 is 10.1 Å². The predicted molar refractivity (Wildman–Crippen MR) is 91.6 cm³/mol. The number of nitrogens with one attached hydrogen (secondary N) is 1. The van der Waals surface area contributed by atoms with Crippen LogP contribution in [0, 0.1) is 0 Å². The number of hydrogen-bond donors (Lipinski definition) is 1. The van der Waals surface area contributed by atoms with Crippen molar-refractivity contribution in [3.63, 3.8) is 0 Å². The molecule has 116 valence electrons. The molecule has 2 rings (SSSR count). The molecule has 0 spiro atoms. The molecule has 0 aliphatic rings. The van der Waals surface area contributed by atoms with Gasteiger partial charge in [-0.15, -0.1) is 11.8 Å². The minimum absolute atomic E-state index is 0.0449. The summed E-state index contributed by atoms with van der Waals surface area (Å²) in [6.45, 7) is 5.12. The topological polar surface area (TPSA) is 38.3 Å². The maximum atomic E-state index is 12.0. The lowest BCUT2D eigenvalue weighted by Crippen LogP contribution is -2.22. The van der Waals surface area contributed by atoms with Crippen LogP contribution in [0.2, 0.25) is 0 Å². The molecule has 0 aromatic heterocycles. The van der Waals surface area contributed by atoms with Crippen LogP contribution in [0.3, 0.4) is 0 Å². The number of hydrogen-bond acceptors (Lipinski definition) is 3. The summed E-state index contributed by atoms with van der Waals surface area (Å²) in [6, 6.07) is 15.8. The third-order valence-electron chi connectivity index (χ3n) is 3.10. The fraction of sp³-hybridized carbons (Fsp3) is 0.278. The Bertz CT molecular complexity index is 614. The molecule has 0 heterocycles. The Balaban J connectivity index is 2.18. The summed E-state index contributed by atoms with van der Waals surface area (Å²) in [5.74, 6) is 1.57. The lowest BCUT2D eigenvalue weighted by molar-refractivity contribution is 0.0955. The van der Waals surface area contributed by atoms with Crippen LogP contribution in [0.25, 0.3) is 0 Å². The fourth-order valence-corrected chi connectivity index (χ4v) is 2.97. The van der Waals surface area contributed by atoms with E-state index < -0.39 is 0 Å². The van der Waals surface area contributed by atoms with E-state index in [0.29, 0.717) is 18.7 Å². The number of thioether (sulfide) groups is 1. The van der Waals surface area contributed by atoms with E-state index in [9.17, 15) is 4.79 Å². The van der Waals surface area contributed by atoms with Gasteiger partial charge in [-0.25, -0.2) is 0 Å². The summed E-state index contributed by atoms with van der Waals surface area (Å²) in [6.07, 6.45) is 0. The summed E-state index contributed by atoms with van der Waals surface area (Å²) in [7, 11) is 0. The smallest absolute Gasteiger partial charge is 0.251 e. The van der Waals surface area contributed by atoms with Crippen LogP contribution in [-0.2, 0) is 5.75 Å². The first kappa shape index (κ1) is 16.4. The van der Waals surface area contributed by atoms with Crippen LogP contribution in [0.15, 0.2) is 53.4 Å². The minimum atomic E-state index is -0.0449. The Labute approximate surface area is 136 Å². The molecule has 1 N–H and O–H groups in total. The van der Waals surface area contributed by atoms with Crippen molar-refractivity contribution < 1.29 is 9.53 Å². The van der Waals surface area contributed by atoms with Gasteiger partial charge in [0.2, 0.25) is 0 Å². The molecule has 0 fully saturated rings. The molecule has 2 aromatic carbocycles. The number of amides is 1. The van der Waals surface area contributed by atoms with Gasteiger partial charge in [-0.2, -0.15) is 0 Å². The molecular weight excluding hydrogens is 294 g/mol. The van der Waals surface area contributed by atoms with Crippen LogP contribution < -0.4 is 10.1 Å². The lowest BCUT2D eigenvalue weighted by atomic mass is 10.1. The molecule has 2 aromatic rings. The van der Waals surface area contributed by atoms with E-state index in [1.54, 1.807) is 11.8 Å². The zero-order chi connectivity index (χ0) is 15.8. The molecule has 0 bridgehead atoms. The van der Waals surface area contributed by atoms with Crippen molar-refractivity contribution >= 4 is 17.7 Å². The Morgan fingerprint density at radius 2 is 1.91 bits per heavy atom. The van der Waals surface area contributed by atoms with Gasteiger partial charge in [0.1, 0.15) is 5.75 Å². The number of benzene rings is 2. The summed E-state index contributed by atoms with van der Waals surface area (Å²) in [5.41, 5.74) is 1.72. The third kappa shape index (κ3) is 4.53. The number of carbonyl (C=O) groups is 1. The zero-order valence-corrected chi connectivity index (χ0v) is 13.8. The molecule has 3 nitrogen and oxygen atoms in total. The Hall–Kier alpha value is -1.94. The van der Waals surface area contributed by atoms with Crippen LogP contribution in [-0.4, -0.2) is 19.1 Å². The van der Waals surface area contributed by atoms with Crippen LogP contribution >= 0.6 is 11.8 Å². The first-order valence-corrected chi connectivity index (χ1v) is 8.45. The van der Waals surface area contributed by atoms with Crippen molar-refractivity contribution in [2.75, 3.05) is 13.2 Å². The van der Waals surface area contributed by atoms with Crippen molar-refractivity contribution in [1.29, 1.82) is 0 Å². The summed E-state index contributed by atoms with van der Waals surface area (Å²) >= 11 is 1.74. The van der Waals surface area contributed by atoms with E-state index >= 15 is 0 Å². The average Bonchev–Trinajstić information content (AvgIpc) is 2.55. The fourth-order valence-electron chi connectivity index (χ4n) is 2.07. The molecule has 0 atom stereocenters. The number of carbonyl (C=O) groups excluding carboxylic acids is 1. The monoisotopic (exact) mass is 315 g/mol. The summed E-state index contributed by atoms with van der Waals surface area (Å²) in [5, 5.41) is 2.83. The van der Waals surface area contributed by atoms with E-state index in [0.717, 1.165) is 17.1 Å². The van der Waals surface area contributed by atoms with Gasteiger partial charge in [0.05, 0.1) is 6.61 Å². The number of ether oxygens (including phenoxy) is 1. The maximum absolute atomic E-state index is 12.0. The van der Waals surface area contributed by atoms with Gasteiger partial charge in [0.25, 0.3) is 5.91 Å². The van der Waals surface area contributed by atoms with E-state index in [4.69, 9.17) is 4.74 Å². The van der Waals surface area contributed by atoms with Gasteiger partial charge in [0, 0.05) is 28.3 Å². The van der Waals surface area contributed by atoms with Crippen molar-refractivity contribution in [2.24, 2.45) is 0 Å².